The van der Waals surface area contributed by atoms with Crippen LogP contribution in [0.2, 0.25) is 0 Å². The molecule has 1 saturated heterocycles. The summed E-state index contributed by atoms with van der Waals surface area (Å²) in [5.74, 6) is -1.98. The minimum Gasteiger partial charge on any atom is -0.462 e. The van der Waals surface area contributed by atoms with Crippen LogP contribution in [0.5, 0.6) is 0 Å². The molecule has 0 bridgehead atoms. The molecular formula is C53H98O12S. The smallest absolute Gasteiger partial charge is 0.306 e. The van der Waals surface area contributed by atoms with Crippen LogP contribution in [-0.4, -0.2) is 96.0 Å². The fraction of sp³-hybridized carbons (Fsp3) is 0.887. The molecule has 66 heavy (non-hydrogen) atoms. The third-order valence-electron chi connectivity index (χ3n) is 12.5. The van der Waals surface area contributed by atoms with Crippen LogP contribution in [0, 0.1) is 0 Å². The molecule has 0 aromatic rings. The Morgan fingerprint density at radius 2 is 0.864 bits per heavy atom. The summed E-state index contributed by atoms with van der Waals surface area (Å²) in [6, 6.07) is 0. The van der Waals surface area contributed by atoms with Gasteiger partial charge in [0, 0.05) is 12.8 Å². The maximum atomic E-state index is 12.9. The van der Waals surface area contributed by atoms with Gasteiger partial charge in [0.05, 0.1) is 6.61 Å². The molecule has 0 radical (unpaired) electrons. The fourth-order valence-corrected chi connectivity index (χ4v) is 9.01. The lowest BCUT2D eigenvalue weighted by Gasteiger charge is -2.40. The number of aliphatic hydroxyl groups excluding tert-OH is 3. The van der Waals surface area contributed by atoms with Crippen molar-refractivity contribution >= 4 is 22.1 Å². The second kappa shape index (κ2) is 43.2. The van der Waals surface area contributed by atoms with E-state index in [0.29, 0.717) is 12.8 Å². The molecule has 0 aliphatic carbocycles. The molecule has 6 unspecified atom stereocenters. The Bertz CT molecular complexity index is 1310. The molecule has 0 amide bonds. The van der Waals surface area contributed by atoms with Crippen molar-refractivity contribution < 1.29 is 56.8 Å². The van der Waals surface area contributed by atoms with Crippen molar-refractivity contribution in [2.45, 2.75) is 282 Å². The summed E-state index contributed by atoms with van der Waals surface area (Å²) in [4.78, 5) is 25.5. The zero-order valence-electron chi connectivity index (χ0n) is 41.8. The maximum Gasteiger partial charge on any atom is 0.306 e. The van der Waals surface area contributed by atoms with E-state index < -0.39 is 71.2 Å². The minimum atomic E-state index is -4.60. The highest BCUT2D eigenvalue weighted by atomic mass is 32.2. The third-order valence-corrected chi connectivity index (χ3v) is 13.3. The number of esters is 2. The molecule has 1 rings (SSSR count). The second-order valence-electron chi connectivity index (χ2n) is 18.9. The number of carbonyl (C=O) groups is 2. The van der Waals surface area contributed by atoms with E-state index in [0.717, 1.165) is 57.8 Å². The molecular weight excluding hydrogens is 861 g/mol. The summed E-state index contributed by atoms with van der Waals surface area (Å²) in [5, 5.41) is 31.0. The van der Waals surface area contributed by atoms with Gasteiger partial charge in [-0.3, -0.25) is 14.1 Å². The van der Waals surface area contributed by atoms with E-state index in [1.165, 1.54) is 148 Å². The normalized spacial score (nSPS) is 19.5. The van der Waals surface area contributed by atoms with Gasteiger partial charge in [-0.2, -0.15) is 8.42 Å². The number of hydrogen-bond acceptors (Lipinski definition) is 11. The first-order valence-corrected chi connectivity index (χ1v) is 28.5. The number of ether oxygens (including phenoxy) is 4. The molecule has 0 aromatic carbocycles. The number of allylic oxidation sites excluding steroid dienone is 4. The lowest BCUT2D eigenvalue weighted by atomic mass is 10.00. The Labute approximate surface area is 402 Å². The zero-order chi connectivity index (χ0) is 48.4. The molecule has 1 aliphatic heterocycles. The van der Waals surface area contributed by atoms with Crippen molar-refractivity contribution in [1.29, 1.82) is 0 Å². The molecule has 12 nitrogen and oxygen atoms in total. The largest absolute Gasteiger partial charge is 0.462 e. The Balaban J connectivity index is 2.33. The van der Waals surface area contributed by atoms with Gasteiger partial charge in [0.15, 0.2) is 12.4 Å². The highest BCUT2D eigenvalue weighted by Crippen LogP contribution is 2.24. The standard InChI is InChI=1S/C53H98O12S/c1-3-5-7-9-11-13-15-17-19-20-21-22-23-24-25-26-28-30-32-34-36-38-40-42-49(55)64-46(44-63-53-52(58)51(57)50(56)47(65-53)45-66(59,60)61)43-62-48(54)41-39-37-35-33-31-29-27-18-16-14-12-10-8-6-4-2/h18,20-21,27,46-47,50-53,56-58H,3-17,19,22-26,28-45H2,1-2H3,(H,59,60,61)/b21-20-,27-18-. The van der Waals surface area contributed by atoms with Gasteiger partial charge in [0.2, 0.25) is 0 Å². The van der Waals surface area contributed by atoms with Gasteiger partial charge in [-0.25, -0.2) is 0 Å². The van der Waals surface area contributed by atoms with Crippen LogP contribution >= 0.6 is 0 Å². The second-order valence-corrected chi connectivity index (χ2v) is 20.4. The number of hydrogen-bond donors (Lipinski definition) is 4. The Morgan fingerprint density at radius 3 is 1.26 bits per heavy atom. The lowest BCUT2D eigenvalue weighted by Crippen LogP contribution is -2.60. The van der Waals surface area contributed by atoms with E-state index in [1.54, 1.807) is 0 Å². The van der Waals surface area contributed by atoms with Crippen molar-refractivity contribution in [2.75, 3.05) is 19.0 Å². The van der Waals surface area contributed by atoms with Crippen LogP contribution in [0.1, 0.15) is 245 Å². The van der Waals surface area contributed by atoms with Crippen LogP contribution in [0.15, 0.2) is 24.3 Å². The first kappa shape index (κ1) is 62.1. The number of aliphatic hydroxyl groups is 3. The molecule has 4 N–H and O–H groups in total. The first-order chi connectivity index (χ1) is 32.0. The average molecular weight is 959 g/mol. The molecule has 6 atom stereocenters. The average Bonchev–Trinajstić information content (AvgIpc) is 3.28. The van der Waals surface area contributed by atoms with Crippen LogP contribution in [0.4, 0.5) is 0 Å². The van der Waals surface area contributed by atoms with Crippen LogP contribution < -0.4 is 0 Å². The van der Waals surface area contributed by atoms with Gasteiger partial charge in [0.25, 0.3) is 10.1 Å². The Kier molecular flexibility index (Phi) is 40.7. The molecule has 13 heteroatoms. The number of rotatable bonds is 46. The topological polar surface area (TPSA) is 186 Å². The SMILES string of the molecule is CCCCCCCC/C=C\CCCCCCCC(=O)OCC(COC1OC(CS(=O)(=O)O)C(O)C(O)C1O)OC(=O)CCCCCCCCCCCCC/C=C\CCCCCCCCCC. The van der Waals surface area contributed by atoms with Crippen LogP contribution in [-0.2, 0) is 38.7 Å². The maximum absolute atomic E-state index is 12.9. The highest BCUT2D eigenvalue weighted by Gasteiger charge is 2.46. The van der Waals surface area contributed by atoms with Gasteiger partial charge in [-0.1, -0.05) is 192 Å². The summed E-state index contributed by atoms with van der Waals surface area (Å²) in [5.41, 5.74) is 0. The highest BCUT2D eigenvalue weighted by molar-refractivity contribution is 7.85. The van der Waals surface area contributed by atoms with Crippen molar-refractivity contribution in [3.05, 3.63) is 24.3 Å². The van der Waals surface area contributed by atoms with E-state index in [2.05, 4.69) is 38.2 Å². The molecule has 1 fully saturated rings. The quantitative estimate of drug-likeness (QED) is 0.0196. The first-order valence-electron chi connectivity index (χ1n) is 26.9. The van der Waals surface area contributed by atoms with Crippen molar-refractivity contribution in [2.24, 2.45) is 0 Å². The molecule has 1 heterocycles. The fourth-order valence-electron chi connectivity index (χ4n) is 8.32. The van der Waals surface area contributed by atoms with E-state index in [4.69, 9.17) is 18.9 Å². The van der Waals surface area contributed by atoms with Gasteiger partial charge in [-0.05, 0) is 64.2 Å². The van der Waals surface area contributed by atoms with Crippen molar-refractivity contribution in [3.8, 4) is 0 Å². The van der Waals surface area contributed by atoms with E-state index in [9.17, 15) is 37.9 Å². The lowest BCUT2D eigenvalue weighted by molar-refractivity contribution is -0.297. The summed E-state index contributed by atoms with van der Waals surface area (Å²) in [6.45, 7) is 3.78. The summed E-state index contributed by atoms with van der Waals surface area (Å²) < 4.78 is 54.3. The number of carbonyl (C=O) groups excluding carboxylic acids is 2. The predicted octanol–water partition coefficient (Wildman–Crippen LogP) is 12.3. The third kappa shape index (κ3) is 37.1. The van der Waals surface area contributed by atoms with Crippen molar-refractivity contribution in [1.82, 2.24) is 0 Å². The van der Waals surface area contributed by atoms with E-state index in [1.807, 2.05) is 0 Å². The van der Waals surface area contributed by atoms with Gasteiger partial charge in [0.1, 0.15) is 36.8 Å². The van der Waals surface area contributed by atoms with Crippen molar-refractivity contribution in [3.63, 3.8) is 0 Å². The number of unbranched alkanes of at least 4 members (excludes halogenated alkanes) is 30. The molecule has 388 valence electrons. The van der Waals surface area contributed by atoms with Gasteiger partial charge < -0.3 is 34.3 Å². The Morgan fingerprint density at radius 1 is 0.500 bits per heavy atom. The van der Waals surface area contributed by atoms with Gasteiger partial charge >= 0.3 is 11.9 Å². The monoisotopic (exact) mass is 959 g/mol. The van der Waals surface area contributed by atoms with Crippen LogP contribution in [0.3, 0.4) is 0 Å². The molecule has 0 spiro atoms. The molecule has 0 aromatic heterocycles. The molecule has 0 saturated carbocycles. The summed E-state index contributed by atoms with van der Waals surface area (Å²) in [6.07, 6.45) is 40.8. The van der Waals surface area contributed by atoms with E-state index >= 15 is 0 Å². The van der Waals surface area contributed by atoms with Gasteiger partial charge in [-0.15, -0.1) is 0 Å². The van der Waals surface area contributed by atoms with E-state index in [-0.39, 0.29) is 19.4 Å². The minimum absolute atomic E-state index is 0.164. The predicted molar refractivity (Wildman–Crippen MR) is 266 cm³/mol. The Hall–Kier alpha value is -1.87. The summed E-state index contributed by atoms with van der Waals surface area (Å²) >= 11 is 0. The molecule has 1 aliphatic rings. The summed E-state index contributed by atoms with van der Waals surface area (Å²) in [7, 11) is -4.60. The zero-order valence-corrected chi connectivity index (χ0v) is 42.6. The van der Waals surface area contributed by atoms with Crippen LogP contribution in [0.25, 0.3) is 0 Å².